The van der Waals surface area contributed by atoms with Crippen molar-refractivity contribution in [1.29, 1.82) is 0 Å². The molecule has 3 rings (SSSR count). The molecule has 1 aliphatic rings. The van der Waals surface area contributed by atoms with E-state index in [0.29, 0.717) is 12.2 Å². The van der Waals surface area contributed by atoms with E-state index in [1.54, 1.807) is 12.3 Å². The Bertz CT molecular complexity index is 767. The van der Waals surface area contributed by atoms with Gasteiger partial charge in [0.25, 0.3) is 0 Å². The molecule has 1 aliphatic heterocycles. The first-order valence-electron chi connectivity index (χ1n) is 8.82. The van der Waals surface area contributed by atoms with Gasteiger partial charge in [-0.25, -0.2) is 4.79 Å². The van der Waals surface area contributed by atoms with E-state index in [0.717, 1.165) is 36.1 Å². The summed E-state index contributed by atoms with van der Waals surface area (Å²) in [6, 6.07) is 7.79. The quantitative estimate of drug-likeness (QED) is 0.777. The second-order valence-electron chi connectivity index (χ2n) is 7.52. The van der Waals surface area contributed by atoms with Gasteiger partial charge in [-0.15, -0.1) is 0 Å². The van der Waals surface area contributed by atoms with E-state index in [-0.39, 0.29) is 12.1 Å². The smallest absolute Gasteiger partial charge is 0.339 e. The summed E-state index contributed by atoms with van der Waals surface area (Å²) in [5.74, 6) is -0.315. The molecule has 1 saturated heterocycles. The first-order valence-corrected chi connectivity index (χ1v) is 8.82. The monoisotopic (exact) mass is 342 g/mol. The minimum absolute atomic E-state index is 0.282. The molecule has 0 saturated carbocycles. The number of aromatic nitrogens is 1. The molecular formula is C20H26N2O3. The zero-order chi connectivity index (χ0) is 18.0. The summed E-state index contributed by atoms with van der Waals surface area (Å²) >= 11 is 0. The van der Waals surface area contributed by atoms with Gasteiger partial charge in [0.15, 0.2) is 0 Å². The van der Waals surface area contributed by atoms with Gasteiger partial charge in [0, 0.05) is 30.4 Å². The SMILES string of the molecule is C[C@@H]1CCN(c2ccc3nccc(C(=O)OC(C)(C)C)c3c2)CCO1. The third kappa shape index (κ3) is 4.28. The van der Waals surface area contributed by atoms with Gasteiger partial charge >= 0.3 is 5.97 Å². The van der Waals surface area contributed by atoms with E-state index in [9.17, 15) is 4.79 Å². The lowest BCUT2D eigenvalue weighted by atomic mass is 10.1. The van der Waals surface area contributed by atoms with Crippen LogP contribution < -0.4 is 4.90 Å². The number of hydrogen-bond acceptors (Lipinski definition) is 5. The lowest BCUT2D eigenvalue weighted by Gasteiger charge is -2.23. The van der Waals surface area contributed by atoms with Crippen LogP contribution >= 0.6 is 0 Å². The lowest BCUT2D eigenvalue weighted by molar-refractivity contribution is 0.00717. The number of nitrogens with zero attached hydrogens (tertiary/aromatic N) is 2. The molecule has 25 heavy (non-hydrogen) atoms. The van der Waals surface area contributed by atoms with Gasteiger partial charge in [0.2, 0.25) is 0 Å². The van der Waals surface area contributed by atoms with Gasteiger partial charge in [0.05, 0.1) is 23.8 Å². The molecular weight excluding hydrogens is 316 g/mol. The third-order valence-electron chi connectivity index (χ3n) is 4.28. The van der Waals surface area contributed by atoms with Crippen LogP contribution in [0.1, 0.15) is 44.5 Å². The number of rotatable bonds is 2. The summed E-state index contributed by atoms with van der Waals surface area (Å²) < 4.78 is 11.3. The minimum Gasteiger partial charge on any atom is -0.456 e. The predicted octanol–water partition coefficient (Wildman–Crippen LogP) is 3.81. The number of anilines is 1. The average molecular weight is 342 g/mol. The Labute approximate surface area is 148 Å². The Kier molecular flexibility index (Phi) is 4.95. The van der Waals surface area contributed by atoms with E-state index in [1.807, 2.05) is 32.9 Å². The molecule has 0 spiro atoms. The van der Waals surface area contributed by atoms with E-state index in [4.69, 9.17) is 9.47 Å². The van der Waals surface area contributed by atoms with Crippen LogP contribution in [0.5, 0.6) is 0 Å². The molecule has 1 atom stereocenters. The largest absolute Gasteiger partial charge is 0.456 e. The second-order valence-corrected chi connectivity index (χ2v) is 7.52. The van der Waals surface area contributed by atoms with Crippen molar-refractivity contribution < 1.29 is 14.3 Å². The zero-order valence-electron chi connectivity index (χ0n) is 15.4. The van der Waals surface area contributed by atoms with E-state index in [1.165, 1.54) is 0 Å². The Balaban J connectivity index is 1.95. The first kappa shape index (κ1) is 17.7. The maximum atomic E-state index is 12.6. The van der Waals surface area contributed by atoms with Crippen LogP contribution in [0, 0.1) is 0 Å². The van der Waals surface area contributed by atoms with Crippen LogP contribution in [-0.2, 0) is 9.47 Å². The topological polar surface area (TPSA) is 51.7 Å². The highest BCUT2D eigenvalue weighted by Gasteiger charge is 2.21. The molecule has 2 heterocycles. The van der Waals surface area contributed by atoms with Crippen molar-refractivity contribution in [2.24, 2.45) is 0 Å². The van der Waals surface area contributed by atoms with Crippen molar-refractivity contribution in [3.63, 3.8) is 0 Å². The number of benzene rings is 1. The third-order valence-corrected chi connectivity index (χ3v) is 4.28. The minimum atomic E-state index is -0.525. The molecule has 0 bridgehead atoms. The molecule has 0 amide bonds. The maximum absolute atomic E-state index is 12.6. The number of carbonyl (C=O) groups is 1. The summed E-state index contributed by atoms with van der Waals surface area (Å²) in [5.41, 5.74) is 1.92. The number of fused-ring (bicyclic) bond motifs is 1. The highest BCUT2D eigenvalue weighted by Crippen LogP contribution is 2.26. The van der Waals surface area contributed by atoms with Crippen molar-refractivity contribution in [2.45, 2.75) is 45.8 Å². The number of ether oxygens (including phenoxy) is 2. The van der Waals surface area contributed by atoms with Crippen molar-refractivity contribution in [3.8, 4) is 0 Å². The molecule has 1 fully saturated rings. The van der Waals surface area contributed by atoms with Crippen LogP contribution in [0.2, 0.25) is 0 Å². The van der Waals surface area contributed by atoms with Crippen molar-refractivity contribution in [1.82, 2.24) is 4.98 Å². The first-order chi connectivity index (χ1) is 11.8. The number of carbonyl (C=O) groups excluding carboxylic acids is 1. The molecule has 0 N–H and O–H groups in total. The fourth-order valence-corrected chi connectivity index (χ4v) is 3.00. The average Bonchev–Trinajstić information content (AvgIpc) is 2.77. The summed E-state index contributed by atoms with van der Waals surface area (Å²) in [6.45, 7) is 10.2. The van der Waals surface area contributed by atoms with Gasteiger partial charge in [-0.05, 0) is 58.4 Å². The van der Waals surface area contributed by atoms with Crippen LogP contribution in [0.4, 0.5) is 5.69 Å². The Morgan fingerprint density at radius 1 is 1.28 bits per heavy atom. The van der Waals surface area contributed by atoms with Gasteiger partial charge in [-0.3, -0.25) is 4.98 Å². The summed E-state index contributed by atoms with van der Waals surface area (Å²) in [5, 5.41) is 0.826. The van der Waals surface area contributed by atoms with Gasteiger partial charge in [-0.2, -0.15) is 0 Å². The lowest BCUT2D eigenvalue weighted by Crippen LogP contribution is -2.26. The van der Waals surface area contributed by atoms with Crippen molar-refractivity contribution >= 4 is 22.6 Å². The highest BCUT2D eigenvalue weighted by atomic mass is 16.6. The number of esters is 1. The van der Waals surface area contributed by atoms with Crippen LogP contribution in [-0.4, -0.2) is 42.4 Å². The van der Waals surface area contributed by atoms with Gasteiger partial charge in [0.1, 0.15) is 5.60 Å². The number of hydrogen-bond donors (Lipinski definition) is 0. The zero-order valence-corrected chi connectivity index (χ0v) is 15.4. The van der Waals surface area contributed by atoms with E-state index in [2.05, 4.69) is 22.9 Å². The molecule has 5 heteroatoms. The molecule has 134 valence electrons. The molecule has 5 nitrogen and oxygen atoms in total. The summed E-state index contributed by atoms with van der Waals surface area (Å²) in [6.07, 6.45) is 2.93. The maximum Gasteiger partial charge on any atom is 0.339 e. The summed E-state index contributed by atoms with van der Waals surface area (Å²) in [4.78, 5) is 19.3. The Morgan fingerprint density at radius 2 is 2.08 bits per heavy atom. The molecule has 2 aromatic rings. The summed E-state index contributed by atoms with van der Waals surface area (Å²) in [7, 11) is 0. The fraction of sp³-hybridized carbons (Fsp3) is 0.500. The Hall–Kier alpha value is -2.14. The molecule has 0 radical (unpaired) electrons. The van der Waals surface area contributed by atoms with Gasteiger partial charge < -0.3 is 14.4 Å². The van der Waals surface area contributed by atoms with Crippen LogP contribution in [0.25, 0.3) is 10.9 Å². The fourth-order valence-electron chi connectivity index (χ4n) is 3.00. The Morgan fingerprint density at radius 3 is 2.84 bits per heavy atom. The standard InChI is InChI=1S/C20H26N2O3/c1-14-8-10-22(11-12-24-14)15-5-6-18-17(13-15)16(7-9-21-18)19(23)25-20(2,3)4/h5-7,9,13-14H,8,10-12H2,1-4H3/t14-/m1/s1. The second kappa shape index (κ2) is 7.00. The normalized spacial score (nSPS) is 18.9. The van der Waals surface area contributed by atoms with Crippen LogP contribution in [0.3, 0.4) is 0 Å². The molecule has 1 aromatic carbocycles. The highest BCUT2D eigenvalue weighted by molar-refractivity contribution is 6.04. The molecule has 0 unspecified atom stereocenters. The molecule has 1 aromatic heterocycles. The van der Waals surface area contributed by atoms with E-state index >= 15 is 0 Å². The van der Waals surface area contributed by atoms with Crippen LogP contribution in [0.15, 0.2) is 30.5 Å². The van der Waals surface area contributed by atoms with Gasteiger partial charge in [-0.1, -0.05) is 0 Å². The van der Waals surface area contributed by atoms with E-state index < -0.39 is 5.60 Å². The molecule has 0 aliphatic carbocycles. The van der Waals surface area contributed by atoms with Crippen molar-refractivity contribution in [2.75, 3.05) is 24.6 Å². The number of pyridine rings is 1. The predicted molar refractivity (Wildman–Crippen MR) is 99.2 cm³/mol. The van der Waals surface area contributed by atoms with Crippen molar-refractivity contribution in [3.05, 3.63) is 36.0 Å².